The first-order valence-electron chi connectivity index (χ1n) is 4.96. The minimum atomic E-state index is -0.122. The molecule has 0 aromatic heterocycles. The van der Waals surface area contributed by atoms with Gasteiger partial charge in [-0.1, -0.05) is 30.1 Å². The van der Waals surface area contributed by atoms with Crippen LogP contribution >= 0.6 is 24.0 Å². The maximum Gasteiger partial charge on any atom is 0.241 e. The number of hydrogen-bond donors (Lipinski definition) is 1. The largest absolute Gasteiger partial charge is 0.353 e. The van der Waals surface area contributed by atoms with Crippen molar-refractivity contribution in [3.63, 3.8) is 0 Å². The second kappa shape index (κ2) is 6.00. The lowest BCUT2D eigenvalue weighted by Crippen LogP contribution is -2.35. The van der Waals surface area contributed by atoms with Crippen LogP contribution in [0.1, 0.15) is 13.3 Å². The van der Waals surface area contributed by atoms with E-state index in [1.165, 1.54) is 16.7 Å². The van der Waals surface area contributed by atoms with Crippen LogP contribution in [0.5, 0.6) is 0 Å². The number of thioether (sulfide) groups is 1. The van der Waals surface area contributed by atoms with Crippen LogP contribution in [0, 0.1) is 0 Å². The summed E-state index contributed by atoms with van der Waals surface area (Å²) in [5.41, 5.74) is 0. The van der Waals surface area contributed by atoms with Crippen molar-refractivity contribution >= 4 is 40.1 Å². The molecule has 0 aromatic rings. The number of carbonyl (C=O) groups excluding carboxylic acids is 2. The molecule has 1 N–H and O–H groups in total. The van der Waals surface area contributed by atoms with Gasteiger partial charge in [0, 0.05) is 19.5 Å². The van der Waals surface area contributed by atoms with E-state index in [4.69, 9.17) is 12.2 Å². The fourth-order valence-corrected chi connectivity index (χ4v) is 2.72. The van der Waals surface area contributed by atoms with Crippen molar-refractivity contribution in [2.24, 2.45) is 0 Å². The third-order valence-corrected chi connectivity index (χ3v) is 3.60. The fourth-order valence-electron chi connectivity index (χ4n) is 1.26. The van der Waals surface area contributed by atoms with Gasteiger partial charge in [0.1, 0.15) is 4.32 Å². The molecule has 1 fully saturated rings. The van der Waals surface area contributed by atoms with Gasteiger partial charge in [-0.3, -0.25) is 14.5 Å². The molecule has 88 valence electrons. The maximum atomic E-state index is 11.6. The van der Waals surface area contributed by atoms with Crippen molar-refractivity contribution < 1.29 is 9.59 Å². The second-order valence-electron chi connectivity index (χ2n) is 3.36. The smallest absolute Gasteiger partial charge is 0.241 e. The van der Waals surface area contributed by atoms with E-state index in [2.05, 4.69) is 11.9 Å². The highest BCUT2D eigenvalue weighted by molar-refractivity contribution is 8.24. The zero-order valence-corrected chi connectivity index (χ0v) is 10.7. The van der Waals surface area contributed by atoms with Crippen molar-refractivity contribution in [2.75, 3.05) is 13.1 Å². The van der Waals surface area contributed by atoms with E-state index in [-0.39, 0.29) is 23.5 Å². The van der Waals surface area contributed by atoms with Crippen molar-refractivity contribution in [1.29, 1.82) is 0 Å². The van der Waals surface area contributed by atoms with Crippen LogP contribution in [0.15, 0.2) is 12.7 Å². The minimum absolute atomic E-state index is 0.00785. The summed E-state index contributed by atoms with van der Waals surface area (Å²) in [5, 5.41) is 2.53. The Kier molecular flexibility index (Phi) is 4.95. The highest BCUT2D eigenvalue weighted by Gasteiger charge is 2.33. The summed E-state index contributed by atoms with van der Waals surface area (Å²) in [6.07, 6.45) is 1.88. The zero-order chi connectivity index (χ0) is 12.1. The molecule has 16 heavy (non-hydrogen) atoms. The van der Waals surface area contributed by atoms with E-state index in [0.29, 0.717) is 17.4 Å². The van der Waals surface area contributed by atoms with Gasteiger partial charge in [0.05, 0.1) is 5.25 Å². The van der Waals surface area contributed by atoms with Gasteiger partial charge in [-0.15, -0.1) is 6.58 Å². The van der Waals surface area contributed by atoms with Gasteiger partial charge in [-0.05, 0) is 6.92 Å². The summed E-state index contributed by atoms with van der Waals surface area (Å²) in [4.78, 5) is 24.4. The van der Waals surface area contributed by atoms with E-state index in [1.807, 2.05) is 6.92 Å². The molecule has 0 bridgehead atoms. The van der Waals surface area contributed by atoms with Gasteiger partial charge < -0.3 is 5.32 Å². The molecule has 0 aromatic carbocycles. The second-order valence-corrected chi connectivity index (χ2v) is 5.33. The molecule has 1 aliphatic rings. The Morgan fingerprint density at radius 1 is 1.75 bits per heavy atom. The highest BCUT2D eigenvalue weighted by Crippen LogP contribution is 2.26. The summed E-state index contributed by atoms with van der Waals surface area (Å²) < 4.78 is 0.564. The van der Waals surface area contributed by atoms with Crippen molar-refractivity contribution in [3.8, 4) is 0 Å². The number of rotatable bonds is 5. The van der Waals surface area contributed by atoms with Gasteiger partial charge in [0.2, 0.25) is 11.8 Å². The Hall–Kier alpha value is -0.880. The number of amides is 2. The summed E-state index contributed by atoms with van der Waals surface area (Å²) in [6.45, 7) is 6.12. The summed E-state index contributed by atoms with van der Waals surface area (Å²) >= 11 is 6.42. The number of nitrogens with zero attached hydrogens (tertiary/aromatic N) is 1. The third kappa shape index (κ3) is 3.31. The Morgan fingerprint density at radius 3 is 2.94 bits per heavy atom. The topological polar surface area (TPSA) is 49.4 Å². The van der Waals surface area contributed by atoms with Crippen LogP contribution in [-0.4, -0.2) is 39.4 Å². The fraction of sp³-hybridized carbons (Fsp3) is 0.500. The molecule has 0 spiro atoms. The molecule has 1 unspecified atom stereocenters. The number of carbonyl (C=O) groups is 2. The van der Waals surface area contributed by atoms with Crippen LogP contribution in [0.4, 0.5) is 0 Å². The Labute approximate surface area is 104 Å². The lowest BCUT2D eigenvalue weighted by Gasteiger charge is -2.14. The summed E-state index contributed by atoms with van der Waals surface area (Å²) in [5.74, 6) is -0.105. The lowest BCUT2D eigenvalue weighted by molar-refractivity contribution is -0.126. The molecule has 0 aliphatic carbocycles. The predicted octanol–water partition coefficient (Wildman–Crippen LogP) is 0.928. The van der Waals surface area contributed by atoms with Crippen LogP contribution in [0.3, 0.4) is 0 Å². The molecule has 0 saturated carbocycles. The molecule has 1 rings (SSSR count). The minimum Gasteiger partial charge on any atom is -0.353 e. The molecule has 2 amide bonds. The molecule has 0 radical (unpaired) electrons. The molecule has 1 atom stereocenters. The van der Waals surface area contributed by atoms with Gasteiger partial charge in [-0.25, -0.2) is 0 Å². The van der Waals surface area contributed by atoms with E-state index in [0.717, 1.165) is 0 Å². The molecule has 1 saturated heterocycles. The van der Waals surface area contributed by atoms with E-state index in [1.54, 1.807) is 6.08 Å². The lowest BCUT2D eigenvalue weighted by atomic mass is 10.3. The Morgan fingerprint density at radius 2 is 2.44 bits per heavy atom. The van der Waals surface area contributed by atoms with Crippen LogP contribution in [-0.2, 0) is 9.59 Å². The third-order valence-electron chi connectivity index (χ3n) is 2.12. The van der Waals surface area contributed by atoms with Crippen LogP contribution < -0.4 is 5.32 Å². The first-order valence-corrected chi connectivity index (χ1v) is 6.24. The van der Waals surface area contributed by atoms with E-state index in [9.17, 15) is 9.59 Å². The Balaban J connectivity index is 2.37. The van der Waals surface area contributed by atoms with Gasteiger partial charge in [-0.2, -0.15) is 0 Å². The zero-order valence-electron chi connectivity index (χ0n) is 9.06. The normalized spacial score (nSPS) is 20.1. The average Bonchev–Trinajstić information content (AvgIpc) is 2.48. The monoisotopic (exact) mass is 258 g/mol. The molecule has 1 heterocycles. The molecule has 4 nitrogen and oxygen atoms in total. The quantitative estimate of drug-likeness (QED) is 0.589. The van der Waals surface area contributed by atoms with Crippen molar-refractivity contribution in [3.05, 3.63) is 12.7 Å². The van der Waals surface area contributed by atoms with Crippen LogP contribution in [0.25, 0.3) is 0 Å². The average molecular weight is 258 g/mol. The first kappa shape index (κ1) is 13.2. The molecule has 1 aliphatic heterocycles. The molecular formula is C10H14N2O2S2. The van der Waals surface area contributed by atoms with Crippen LogP contribution in [0.2, 0.25) is 0 Å². The van der Waals surface area contributed by atoms with Crippen molar-refractivity contribution in [1.82, 2.24) is 10.2 Å². The summed E-state index contributed by atoms with van der Waals surface area (Å²) in [7, 11) is 0. The van der Waals surface area contributed by atoms with Gasteiger partial charge in [0.25, 0.3) is 0 Å². The first-order chi connectivity index (χ1) is 7.56. The summed E-state index contributed by atoms with van der Waals surface area (Å²) in [6, 6.07) is 0. The van der Waals surface area contributed by atoms with E-state index < -0.39 is 0 Å². The molecular weight excluding hydrogens is 244 g/mol. The van der Waals surface area contributed by atoms with Gasteiger partial charge >= 0.3 is 0 Å². The highest BCUT2D eigenvalue weighted by atomic mass is 32.2. The number of nitrogens with one attached hydrogen (secondary N) is 1. The predicted molar refractivity (Wildman–Crippen MR) is 69.2 cm³/mol. The SMILES string of the molecule is C=CCNC(=O)CCN1C(=O)C(C)SC1=S. The Bertz CT molecular complexity index is 331. The standard InChI is InChI=1S/C10H14N2O2S2/c1-3-5-11-8(13)4-6-12-9(14)7(2)16-10(12)15/h3,7H,1,4-6H2,2H3,(H,11,13). The van der Waals surface area contributed by atoms with Crippen molar-refractivity contribution in [2.45, 2.75) is 18.6 Å². The van der Waals surface area contributed by atoms with E-state index >= 15 is 0 Å². The molecule has 6 heteroatoms. The maximum absolute atomic E-state index is 11.6. The number of thiocarbonyl (C=S) groups is 1. The van der Waals surface area contributed by atoms with Gasteiger partial charge in [0.15, 0.2) is 0 Å². The number of hydrogen-bond acceptors (Lipinski definition) is 4.